The first-order chi connectivity index (χ1) is 7.75. The number of amides is 2. The number of likely N-dealkylation sites (tertiary alicyclic amines) is 1. The zero-order chi connectivity index (χ0) is 11.4. The van der Waals surface area contributed by atoms with E-state index >= 15 is 0 Å². The number of rotatable bonds is 1. The van der Waals surface area contributed by atoms with Crippen LogP contribution in [0.25, 0.3) is 0 Å². The molecule has 2 amide bonds. The Bertz CT molecular complexity index is 239. The second kappa shape index (κ2) is 5.53. The molecule has 0 bridgehead atoms. The van der Waals surface area contributed by atoms with Crippen LogP contribution in [-0.2, 0) is 0 Å². The molecule has 1 saturated heterocycles. The molecule has 0 aromatic carbocycles. The minimum absolute atomic E-state index is 0.0191. The molecule has 4 heteroatoms. The molecule has 0 radical (unpaired) electrons. The third-order valence-corrected chi connectivity index (χ3v) is 3.62. The van der Waals surface area contributed by atoms with E-state index in [1.54, 1.807) is 4.90 Å². The summed E-state index contributed by atoms with van der Waals surface area (Å²) < 4.78 is 0. The summed E-state index contributed by atoms with van der Waals surface area (Å²) in [6, 6.07) is 0.381. The summed E-state index contributed by atoms with van der Waals surface area (Å²) in [5.41, 5.74) is 0. The summed E-state index contributed by atoms with van der Waals surface area (Å²) >= 11 is 0. The van der Waals surface area contributed by atoms with Crippen LogP contribution in [-0.4, -0.2) is 41.3 Å². The van der Waals surface area contributed by atoms with Gasteiger partial charge in [-0.05, 0) is 25.7 Å². The van der Waals surface area contributed by atoms with Gasteiger partial charge in [-0.25, -0.2) is 4.79 Å². The predicted molar refractivity (Wildman–Crippen MR) is 62.2 cm³/mol. The number of hydrogen-bond donors (Lipinski definition) is 2. The maximum Gasteiger partial charge on any atom is 0.317 e. The fourth-order valence-electron chi connectivity index (χ4n) is 2.65. The van der Waals surface area contributed by atoms with Gasteiger partial charge in [-0.15, -0.1) is 0 Å². The van der Waals surface area contributed by atoms with Crippen LogP contribution in [0.2, 0.25) is 0 Å². The Labute approximate surface area is 97.0 Å². The molecule has 4 nitrogen and oxygen atoms in total. The van der Waals surface area contributed by atoms with Gasteiger partial charge in [0.15, 0.2) is 0 Å². The molecule has 0 aromatic rings. The van der Waals surface area contributed by atoms with Crippen LogP contribution >= 0.6 is 0 Å². The highest BCUT2D eigenvalue weighted by Gasteiger charge is 2.24. The number of nitrogens with zero attached hydrogens (tertiary/aromatic N) is 1. The second-order valence-electron chi connectivity index (χ2n) is 5.03. The smallest absolute Gasteiger partial charge is 0.317 e. The van der Waals surface area contributed by atoms with Crippen LogP contribution in [0.4, 0.5) is 4.79 Å². The third kappa shape index (κ3) is 3.11. The first-order valence-electron chi connectivity index (χ1n) is 6.49. The van der Waals surface area contributed by atoms with Crippen molar-refractivity contribution in [2.24, 2.45) is 0 Å². The number of urea groups is 1. The molecule has 0 aromatic heterocycles. The summed E-state index contributed by atoms with van der Waals surface area (Å²) in [6.45, 7) is 1.29. The highest BCUT2D eigenvalue weighted by molar-refractivity contribution is 5.74. The molecule has 2 aliphatic rings. The standard InChI is InChI=1S/C12H22N2O2/c15-11-7-4-8-14(9-11)12(16)13-10-5-2-1-3-6-10/h10-11,15H,1-9H2,(H,13,16)/t11-/m0/s1. The number of carbonyl (C=O) groups is 1. The van der Waals surface area contributed by atoms with Crippen molar-refractivity contribution in [1.82, 2.24) is 10.2 Å². The average Bonchev–Trinajstić information content (AvgIpc) is 2.30. The van der Waals surface area contributed by atoms with Crippen molar-refractivity contribution in [1.29, 1.82) is 0 Å². The maximum absolute atomic E-state index is 11.9. The lowest BCUT2D eigenvalue weighted by Crippen LogP contribution is -2.50. The van der Waals surface area contributed by atoms with Crippen LogP contribution in [0.15, 0.2) is 0 Å². The Morgan fingerprint density at radius 3 is 2.56 bits per heavy atom. The van der Waals surface area contributed by atoms with Gasteiger partial charge in [-0.3, -0.25) is 0 Å². The van der Waals surface area contributed by atoms with Crippen molar-refractivity contribution in [3.63, 3.8) is 0 Å². The van der Waals surface area contributed by atoms with E-state index in [1.807, 2.05) is 0 Å². The molecule has 2 fully saturated rings. The van der Waals surface area contributed by atoms with E-state index in [4.69, 9.17) is 0 Å². The van der Waals surface area contributed by atoms with Gasteiger partial charge < -0.3 is 15.3 Å². The van der Waals surface area contributed by atoms with Crippen LogP contribution < -0.4 is 5.32 Å². The quantitative estimate of drug-likeness (QED) is 0.711. The summed E-state index contributed by atoms with van der Waals surface area (Å²) in [7, 11) is 0. The van der Waals surface area contributed by atoms with Crippen LogP contribution in [0, 0.1) is 0 Å². The highest BCUT2D eigenvalue weighted by atomic mass is 16.3. The van der Waals surface area contributed by atoms with Crippen LogP contribution in [0.3, 0.4) is 0 Å². The molecule has 0 unspecified atom stereocenters. The van der Waals surface area contributed by atoms with E-state index in [2.05, 4.69) is 5.32 Å². The van der Waals surface area contributed by atoms with E-state index < -0.39 is 0 Å². The Morgan fingerprint density at radius 2 is 1.88 bits per heavy atom. The normalized spacial score (nSPS) is 27.8. The molecule has 16 heavy (non-hydrogen) atoms. The Kier molecular flexibility index (Phi) is 4.04. The second-order valence-corrected chi connectivity index (χ2v) is 5.03. The molecule has 1 aliphatic heterocycles. The fraction of sp³-hybridized carbons (Fsp3) is 0.917. The number of aliphatic hydroxyl groups is 1. The van der Waals surface area contributed by atoms with Gasteiger partial charge in [0, 0.05) is 19.1 Å². The number of β-amino-alcohol motifs (C(OH)–C–C–N with tert-alkyl or cyclic N) is 1. The minimum atomic E-state index is -0.328. The van der Waals surface area contributed by atoms with Crippen molar-refractivity contribution in [3.8, 4) is 0 Å². The summed E-state index contributed by atoms with van der Waals surface area (Å²) in [5, 5.41) is 12.6. The SMILES string of the molecule is O=C(NC1CCCCC1)N1CCC[C@H](O)C1. The molecular formula is C12H22N2O2. The van der Waals surface area contributed by atoms with E-state index in [-0.39, 0.29) is 12.1 Å². The van der Waals surface area contributed by atoms with Crippen molar-refractivity contribution in [2.75, 3.05) is 13.1 Å². The monoisotopic (exact) mass is 226 g/mol. The topological polar surface area (TPSA) is 52.6 Å². The maximum atomic E-state index is 11.9. The van der Waals surface area contributed by atoms with Crippen molar-refractivity contribution in [3.05, 3.63) is 0 Å². The van der Waals surface area contributed by atoms with E-state index in [0.29, 0.717) is 12.6 Å². The van der Waals surface area contributed by atoms with Gasteiger partial charge in [-0.1, -0.05) is 19.3 Å². The van der Waals surface area contributed by atoms with Gasteiger partial charge >= 0.3 is 6.03 Å². The number of carbonyl (C=O) groups excluding carboxylic acids is 1. The van der Waals surface area contributed by atoms with E-state index in [1.165, 1.54) is 19.3 Å². The largest absolute Gasteiger partial charge is 0.391 e. The molecule has 0 spiro atoms. The lowest BCUT2D eigenvalue weighted by atomic mass is 9.96. The molecule has 1 heterocycles. The Hall–Kier alpha value is -0.770. The minimum Gasteiger partial charge on any atom is -0.391 e. The van der Waals surface area contributed by atoms with Gasteiger partial charge in [0.1, 0.15) is 0 Å². The summed E-state index contributed by atoms with van der Waals surface area (Å²) in [6.07, 6.45) is 7.40. The van der Waals surface area contributed by atoms with Gasteiger partial charge in [0.05, 0.1) is 6.10 Å². The molecule has 1 atom stereocenters. The Morgan fingerprint density at radius 1 is 1.12 bits per heavy atom. The van der Waals surface area contributed by atoms with E-state index in [9.17, 15) is 9.90 Å². The van der Waals surface area contributed by atoms with Crippen LogP contribution in [0.1, 0.15) is 44.9 Å². The van der Waals surface area contributed by atoms with Crippen molar-refractivity contribution < 1.29 is 9.90 Å². The van der Waals surface area contributed by atoms with Crippen molar-refractivity contribution in [2.45, 2.75) is 57.1 Å². The zero-order valence-corrected chi connectivity index (χ0v) is 9.82. The average molecular weight is 226 g/mol. The molecule has 92 valence electrons. The number of piperidine rings is 1. The Balaban J connectivity index is 1.77. The van der Waals surface area contributed by atoms with Gasteiger partial charge in [-0.2, -0.15) is 0 Å². The molecule has 2 N–H and O–H groups in total. The van der Waals surface area contributed by atoms with Gasteiger partial charge in [0.2, 0.25) is 0 Å². The fourth-order valence-corrected chi connectivity index (χ4v) is 2.65. The van der Waals surface area contributed by atoms with E-state index in [0.717, 1.165) is 32.2 Å². The zero-order valence-electron chi connectivity index (χ0n) is 9.82. The highest BCUT2D eigenvalue weighted by Crippen LogP contribution is 2.18. The lowest BCUT2D eigenvalue weighted by Gasteiger charge is -2.32. The summed E-state index contributed by atoms with van der Waals surface area (Å²) in [5.74, 6) is 0. The number of nitrogens with one attached hydrogen (secondary N) is 1. The van der Waals surface area contributed by atoms with Crippen molar-refractivity contribution >= 4 is 6.03 Å². The first-order valence-corrected chi connectivity index (χ1v) is 6.49. The van der Waals surface area contributed by atoms with Crippen LogP contribution in [0.5, 0.6) is 0 Å². The van der Waals surface area contributed by atoms with Gasteiger partial charge in [0.25, 0.3) is 0 Å². The number of hydrogen-bond acceptors (Lipinski definition) is 2. The third-order valence-electron chi connectivity index (χ3n) is 3.62. The molecular weight excluding hydrogens is 204 g/mol. The summed E-state index contributed by atoms with van der Waals surface area (Å²) in [4.78, 5) is 13.7. The predicted octanol–water partition coefficient (Wildman–Crippen LogP) is 1.49. The lowest BCUT2D eigenvalue weighted by molar-refractivity contribution is 0.0827. The first kappa shape index (κ1) is 11.7. The number of aliphatic hydroxyl groups excluding tert-OH is 1. The molecule has 2 rings (SSSR count). The molecule has 1 saturated carbocycles. The molecule has 1 aliphatic carbocycles.